The van der Waals surface area contributed by atoms with E-state index in [2.05, 4.69) is 37.4 Å². The Balaban J connectivity index is 0.932. The van der Waals surface area contributed by atoms with Crippen molar-refractivity contribution < 1.29 is 56.6 Å². The van der Waals surface area contributed by atoms with E-state index in [1.165, 1.54) is 34.2 Å². The Kier molecular flexibility index (Phi) is 17.8. The Bertz CT molecular complexity index is 2470. The first kappa shape index (κ1) is 53.0. The number of benzene rings is 3. The van der Waals surface area contributed by atoms with Gasteiger partial charge in [-0.25, -0.2) is 0 Å². The number of nitrogens with zero attached hydrogens (tertiary/aromatic N) is 2. The number of carbonyl (C=O) groups excluding carboxylic acids is 8. The molecule has 16 heteroatoms. The molecule has 3 aromatic rings. The van der Waals surface area contributed by atoms with Gasteiger partial charge in [0.1, 0.15) is 17.5 Å². The molecule has 3 aliphatic heterocycles. The number of halogens is 2. The molecule has 3 aliphatic rings. The van der Waals surface area contributed by atoms with Crippen LogP contribution in [-0.4, -0.2) is 101 Å². The monoisotopic (exact) mass is 968 g/mol. The molecule has 14 nitrogen and oxygen atoms in total. The van der Waals surface area contributed by atoms with Gasteiger partial charge in [-0.2, -0.15) is 8.78 Å². The Morgan fingerprint density at radius 1 is 0.871 bits per heavy atom. The summed E-state index contributed by atoms with van der Waals surface area (Å²) >= 11 is 0. The average Bonchev–Trinajstić information content (AvgIpc) is 3.60. The predicted molar refractivity (Wildman–Crippen MR) is 257 cm³/mol. The van der Waals surface area contributed by atoms with E-state index in [-0.39, 0.29) is 54.1 Å². The minimum atomic E-state index is -3.92. The quantitative estimate of drug-likeness (QED) is 0.0508. The van der Waals surface area contributed by atoms with Gasteiger partial charge in [0.2, 0.25) is 11.7 Å². The largest absolute Gasteiger partial charge is 0.493 e. The summed E-state index contributed by atoms with van der Waals surface area (Å²) in [5.41, 5.74) is 3.46. The van der Waals surface area contributed by atoms with E-state index in [1.807, 2.05) is 25.1 Å². The lowest BCUT2D eigenvalue weighted by Crippen LogP contribution is -2.61. The number of ether oxygens (including phenoxy) is 2. The third-order valence-corrected chi connectivity index (χ3v) is 14.0. The minimum Gasteiger partial charge on any atom is -0.493 e. The molecule has 6 amide bonds. The molecule has 2 N–H and O–H groups in total. The van der Waals surface area contributed by atoms with Crippen molar-refractivity contribution >= 4 is 47.0 Å². The van der Waals surface area contributed by atoms with Gasteiger partial charge in [0.05, 0.1) is 30.2 Å². The lowest BCUT2D eigenvalue weighted by molar-refractivity contribution is -0.159. The van der Waals surface area contributed by atoms with Crippen molar-refractivity contribution in [1.29, 1.82) is 0 Å². The highest BCUT2D eigenvalue weighted by Crippen LogP contribution is 2.37. The number of unbranched alkanes of at least 4 members (excludes halogenated alkanes) is 5. The standard InChI is InChI=1S/C54H66F2N4O10/c1-6-53(4,5)47(63)51(67)59-27-13-11-20-41(59)43(61)31-38(25-24-36-23-22-34(2)35(3)29-36)37-17-15-18-39(30-37)70-33-45(62)57-26-12-9-7-8-10-14-28-69-44-21-16-19-40-46(44)50(66)60(49(40)65)42-32-54(55,56)52(68)58-48(42)64/h15-19,21-23,29-30,38,41-42H,6-14,20,24-28,31-33H2,1-5H3,(H,57,62)(H,58,64,68)/t38-,41?,42?/m0/s1. The van der Waals surface area contributed by atoms with Crippen LogP contribution in [0, 0.1) is 19.3 Å². The molecule has 3 aromatic carbocycles. The highest BCUT2D eigenvalue weighted by molar-refractivity contribution is 6.38. The molecular weight excluding hydrogens is 903 g/mol. The van der Waals surface area contributed by atoms with Gasteiger partial charge >= 0.3 is 5.92 Å². The van der Waals surface area contributed by atoms with E-state index in [1.54, 1.807) is 25.2 Å². The predicted octanol–water partition coefficient (Wildman–Crippen LogP) is 7.93. The average molecular weight is 969 g/mol. The fraction of sp³-hybridized carbons (Fsp3) is 0.519. The molecule has 0 bridgehead atoms. The highest BCUT2D eigenvalue weighted by atomic mass is 19.3. The topological polar surface area (TPSA) is 186 Å². The van der Waals surface area contributed by atoms with Crippen LogP contribution in [0.1, 0.15) is 153 Å². The summed E-state index contributed by atoms with van der Waals surface area (Å²) < 4.78 is 40.1. The van der Waals surface area contributed by atoms with E-state index >= 15 is 0 Å². The summed E-state index contributed by atoms with van der Waals surface area (Å²) in [7, 11) is 0. The number of hydrogen-bond donors (Lipinski definition) is 2. The van der Waals surface area contributed by atoms with Gasteiger partial charge in [-0.3, -0.25) is 48.6 Å². The Hall–Kier alpha value is -6.32. The zero-order valence-corrected chi connectivity index (χ0v) is 41.0. The number of amides is 6. The van der Waals surface area contributed by atoms with Crippen molar-refractivity contribution in [3.63, 3.8) is 0 Å². The van der Waals surface area contributed by atoms with Crippen molar-refractivity contribution in [2.75, 3.05) is 26.3 Å². The zero-order chi connectivity index (χ0) is 50.8. The van der Waals surface area contributed by atoms with Crippen LogP contribution in [-0.2, 0) is 35.2 Å². The zero-order valence-electron chi connectivity index (χ0n) is 41.0. The summed E-state index contributed by atoms with van der Waals surface area (Å²) in [6.07, 6.45) is 7.70. The maximum Gasteiger partial charge on any atom is 0.327 e. The van der Waals surface area contributed by atoms with Crippen LogP contribution >= 0.6 is 0 Å². The number of likely N-dealkylation sites (tertiary alicyclic amines) is 1. The minimum absolute atomic E-state index is 0.0615. The van der Waals surface area contributed by atoms with Gasteiger partial charge in [0, 0.05) is 24.9 Å². The van der Waals surface area contributed by atoms with Crippen molar-refractivity contribution in [3.05, 3.63) is 94.0 Å². The second kappa shape index (κ2) is 23.5. The molecule has 3 atom stereocenters. The van der Waals surface area contributed by atoms with E-state index in [9.17, 15) is 47.1 Å². The fourth-order valence-corrected chi connectivity index (χ4v) is 9.16. The molecule has 70 heavy (non-hydrogen) atoms. The molecule has 0 radical (unpaired) electrons. The summed E-state index contributed by atoms with van der Waals surface area (Å²) in [6, 6.07) is 15.7. The van der Waals surface area contributed by atoms with Gasteiger partial charge in [-0.05, 0) is 118 Å². The van der Waals surface area contributed by atoms with E-state index in [0.29, 0.717) is 49.4 Å². The SMILES string of the molecule is CCC(C)(C)C(=O)C(=O)N1CCCCC1C(=O)C[C@H](CCc1ccc(C)c(C)c1)c1cccc(OCC(=O)NCCCCCCCCOc2cccc3c2C(=O)N(C2CC(F)(F)C(=O)NC2=O)C3=O)c1. The fourth-order valence-electron chi connectivity index (χ4n) is 9.16. The Morgan fingerprint density at radius 3 is 2.34 bits per heavy atom. The summed E-state index contributed by atoms with van der Waals surface area (Å²) in [6.45, 7) is 10.4. The molecular formula is C54H66F2N4O10. The number of nitrogens with one attached hydrogen (secondary N) is 2. The number of fused-ring (bicyclic) bond motifs is 1. The molecule has 2 fully saturated rings. The van der Waals surface area contributed by atoms with Crippen molar-refractivity contribution in [2.24, 2.45) is 5.41 Å². The van der Waals surface area contributed by atoms with Gasteiger partial charge in [0.15, 0.2) is 12.4 Å². The third-order valence-electron chi connectivity index (χ3n) is 14.0. The molecule has 376 valence electrons. The van der Waals surface area contributed by atoms with Crippen molar-refractivity contribution in [1.82, 2.24) is 20.4 Å². The second-order valence-corrected chi connectivity index (χ2v) is 19.5. The summed E-state index contributed by atoms with van der Waals surface area (Å²) in [4.78, 5) is 106. The molecule has 2 unspecified atom stereocenters. The summed E-state index contributed by atoms with van der Waals surface area (Å²) in [5, 5.41) is 4.46. The lowest BCUT2D eigenvalue weighted by Gasteiger charge is -2.36. The molecule has 3 heterocycles. The first-order valence-electron chi connectivity index (χ1n) is 24.6. The van der Waals surface area contributed by atoms with E-state index in [0.717, 1.165) is 62.5 Å². The van der Waals surface area contributed by atoms with Crippen LogP contribution in [0.2, 0.25) is 0 Å². The Labute approximate surface area is 408 Å². The molecule has 0 aliphatic carbocycles. The van der Waals surface area contributed by atoms with Gasteiger partial charge in [0.25, 0.3) is 29.5 Å². The van der Waals surface area contributed by atoms with E-state index in [4.69, 9.17) is 9.47 Å². The number of alkyl halides is 2. The van der Waals surface area contributed by atoms with Crippen LogP contribution in [0.5, 0.6) is 11.5 Å². The van der Waals surface area contributed by atoms with Gasteiger partial charge in [-0.15, -0.1) is 0 Å². The van der Waals surface area contributed by atoms with E-state index < -0.39 is 65.2 Å². The van der Waals surface area contributed by atoms with Crippen LogP contribution in [0.4, 0.5) is 8.78 Å². The number of ketones is 2. The van der Waals surface area contributed by atoms with Gasteiger partial charge < -0.3 is 19.7 Å². The maximum absolute atomic E-state index is 14.2. The van der Waals surface area contributed by atoms with Crippen molar-refractivity contribution in [3.8, 4) is 11.5 Å². The lowest BCUT2D eigenvalue weighted by atomic mass is 9.82. The van der Waals surface area contributed by atoms with Crippen LogP contribution in [0.15, 0.2) is 60.7 Å². The normalized spacial score (nSPS) is 18.3. The number of aryl methyl sites for hydroxylation is 3. The third kappa shape index (κ3) is 12.9. The summed E-state index contributed by atoms with van der Waals surface area (Å²) in [5.74, 6) is -9.65. The number of Topliss-reactive ketones (excluding diaryl/α,β-unsaturated/α-hetero) is 2. The number of piperidine rings is 2. The first-order chi connectivity index (χ1) is 33.3. The number of imide groups is 2. The molecule has 2 saturated heterocycles. The highest BCUT2D eigenvalue weighted by Gasteiger charge is 2.55. The number of hydrogen-bond acceptors (Lipinski definition) is 10. The molecule has 0 spiro atoms. The Morgan fingerprint density at radius 2 is 1.60 bits per heavy atom. The molecule has 6 rings (SSSR count). The van der Waals surface area contributed by atoms with Crippen molar-refractivity contribution in [2.45, 2.75) is 148 Å². The number of rotatable bonds is 24. The second-order valence-electron chi connectivity index (χ2n) is 19.5. The maximum atomic E-state index is 14.2. The smallest absolute Gasteiger partial charge is 0.327 e. The number of carbonyl (C=O) groups is 8. The van der Waals surface area contributed by atoms with Gasteiger partial charge in [-0.1, -0.05) is 82.9 Å². The first-order valence-corrected chi connectivity index (χ1v) is 24.6. The molecule has 0 aromatic heterocycles. The van der Waals surface area contributed by atoms with Crippen LogP contribution in [0.3, 0.4) is 0 Å². The van der Waals surface area contributed by atoms with Crippen LogP contribution < -0.4 is 20.1 Å². The molecule has 0 saturated carbocycles. The van der Waals surface area contributed by atoms with Crippen LogP contribution in [0.25, 0.3) is 0 Å².